The maximum Gasteiger partial charge on any atom is 0.325 e. The number of nitrogens with one attached hydrogen (secondary N) is 1. The number of rotatable bonds is 5. The molecule has 116 valence electrons. The van der Waals surface area contributed by atoms with Gasteiger partial charge in [0.1, 0.15) is 12.1 Å². The van der Waals surface area contributed by atoms with Gasteiger partial charge in [0.15, 0.2) is 0 Å². The van der Waals surface area contributed by atoms with Crippen molar-refractivity contribution in [2.45, 2.75) is 37.6 Å². The van der Waals surface area contributed by atoms with Crippen LogP contribution in [0, 0.1) is 0 Å². The summed E-state index contributed by atoms with van der Waals surface area (Å²) in [6, 6.07) is -0.474. The first-order valence-electron chi connectivity index (χ1n) is 7.02. The van der Waals surface area contributed by atoms with Crippen LogP contribution >= 0.6 is 12.2 Å². The maximum atomic E-state index is 12.4. The van der Waals surface area contributed by atoms with E-state index in [9.17, 15) is 14.4 Å². The highest BCUT2D eigenvalue weighted by atomic mass is 32.1. The molecule has 2 aliphatic rings. The predicted octanol–water partition coefficient (Wildman–Crippen LogP) is -0.0144. The molecule has 1 heterocycles. The van der Waals surface area contributed by atoms with Gasteiger partial charge < -0.3 is 16.0 Å². The van der Waals surface area contributed by atoms with E-state index < -0.39 is 11.6 Å². The number of amides is 4. The monoisotopic (exact) mass is 312 g/mol. The first-order valence-corrected chi connectivity index (χ1v) is 7.43. The summed E-state index contributed by atoms with van der Waals surface area (Å²) >= 11 is 4.76. The molecule has 1 aliphatic heterocycles. The van der Waals surface area contributed by atoms with E-state index >= 15 is 0 Å². The summed E-state index contributed by atoms with van der Waals surface area (Å²) in [7, 11) is 1.60. The smallest absolute Gasteiger partial charge is 0.325 e. The Labute approximate surface area is 128 Å². The van der Waals surface area contributed by atoms with E-state index in [1.807, 2.05) is 0 Å². The van der Waals surface area contributed by atoms with E-state index in [4.69, 9.17) is 18.0 Å². The number of urea groups is 1. The van der Waals surface area contributed by atoms with Crippen molar-refractivity contribution in [2.75, 3.05) is 20.1 Å². The number of imide groups is 1. The molecule has 21 heavy (non-hydrogen) atoms. The van der Waals surface area contributed by atoms with Gasteiger partial charge in [-0.3, -0.25) is 14.5 Å². The minimum absolute atomic E-state index is 0.236. The largest absolute Gasteiger partial charge is 0.393 e. The van der Waals surface area contributed by atoms with Gasteiger partial charge in [-0.1, -0.05) is 25.1 Å². The zero-order valence-corrected chi connectivity index (χ0v) is 12.9. The fourth-order valence-electron chi connectivity index (χ4n) is 2.80. The van der Waals surface area contributed by atoms with E-state index in [-0.39, 0.29) is 18.4 Å². The molecule has 8 heteroatoms. The molecule has 1 aliphatic carbocycles. The molecule has 1 spiro atoms. The molecular weight excluding hydrogens is 292 g/mol. The van der Waals surface area contributed by atoms with Crippen molar-refractivity contribution in [1.82, 2.24) is 15.1 Å². The van der Waals surface area contributed by atoms with Crippen molar-refractivity contribution >= 4 is 35.1 Å². The highest BCUT2D eigenvalue weighted by molar-refractivity contribution is 7.80. The van der Waals surface area contributed by atoms with E-state index in [2.05, 4.69) is 5.32 Å². The normalized spacial score (nSPS) is 20.0. The van der Waals surface area contributed by atoms with Crippen LogP contribution in [-0.2, 0) is 9.59 Å². The molecule has 7 nitrogen and oxygen atoms in total. The predicted molar refractivity (Wildman–Crippen MR) is 80.5 cm³/mol. The van der Waals surface area contributed by atoms with Crippen LogP contribution in [-0.4, -0.2) is 58.3 Å². The van der Waals surface area contributed by atoms with Crippen LogP contribution in [0.5, 0.6) is 0 Å². The van der Waals surface area contributed by atoms with Gasteiger partial charge in [0.05, 0.1) is 4.99 Å². The Morgan fingerprint density at radius 2 is 2.05 bits per heavy atom. The van der Waals surface area contributed by atoms with Crippen LogP contribution in [0.3, 0.4) is 0 Å². The lowest BCUT2D eigenvalue weighted by molar-refractivity contribution is -0.138. The van der Waals surface area contributed by atoms with Gasteiger partial charge in [0.2, 0.25) is 5.91 Å². The van der Waals surface area contributed by atoms with Crippen molar-refractivity contribution in [3.8, 4) is 0 Å². The molecule has 3 N–H and O–H groups in total. The minimum Gasteiger partial charge on any atom is -0.393 e. The number of likely N-dealkylation sites (N-methyl/N-ethyl adjacent to an activating group) is 1. The molecule has 0 aromatic rings. The van der Waals surface area contributed by atoms with Crippen LogP contribution in [0.25, 0.3) is 0 Å². The number of carbonyl (C=O) groups is 3. The highest BCUT2D eigenvalue weighted by Gasteiger charge is 2.52. The molecule has 0 aromatic carbocycles. The van der Waals surface area contributed by atoms with Crippen LogP contribution in [0.15, 0.2) is 0 Å². The van der Waals surface area contributed by atoms with Crippen molar-refractivity contribution in [2.24, 2.45) is 5.73 Å². The molecule has 4 amide bonds. The van der Waals surface area contributed by atoms with Crippen molar-refractivity contribution < 1.29 is 14.4 Å². The summed E-state index contributed by atoms with van der Waals surface area (Å²) < 4.78 is 0. The second-order valence-electron chi connectivity index (χ2n) is 5.64. The third kappa shape index (κ3) is 3.15. The summed E-state index contributed by atoms with van der Waals surface area (Å²) in [4.78, 5) is 39.2. The Morgan fingerprint density at radius 1 is 1.43 bits per heavy atom. The Bertz CT molecular complexity index is 488. The number of hydrogen-bond donors (Lipinski definition) is 2. The van der Waals surface area contributed by atoms with Gasteiger partial charge in [-0.25, -0.2) is 4.79 Å². The summed E-state index contributed by atoms with van der Waals surface area (Å²) in [5.74, 6) is -0.578. The number of nitrogens with two attached hydrogens (primary N) is 1. The summed E-state index contributed by atoms with van der Waals surface area (Å²) in [6.07, 6.45) is 3.56. The van der Waals surface area contributed by atoms with Gasteiger partial charge in [-0.2, -0.15) is 0 Å². The summed E-state index contributed by atoms with van der Waals surface area (Å²) in [5.41, 5.74) is 4.62. The minimum atomic E-state index is -0.769. The average molecular weight is 312 g/mol. The molecule has 0 unspecified atom stereocenters. The molecule has 2 rings (SSSR count). The van der Waals surface area contributed by atoms with E-state index in [0.29, 0.717) is 30.8 Å². The average Bonchev–Trinajstić information content (AvgIpc) is 2.97. The second kappa shape index (κ2) is 5.97. The van der Waals surface area contributed by atoms with Crippen molar-refractivity contribution in [1.29, 1.82) is 0 Å². The fourth-order valence-corrected chi connectivity index (χ4v) is 2.89. The molecule has 0 bridgehead atoms. The van der Waals surface area contributed by atoms with Gasteiger partial charge in [-0.15, -0.1) is 0 Å². The molecule has 0 atom stereocenters. The van der Waals surface area contributed by atoms with Crippen LogP contribution in [0.1, 0.15) is 32.1 Å². The van der Waals surface area contributed by atoms with E-state index in [1.165, 1.54) is 4.90 Å². The number of carbonyl (C=O) groups excluding carboxylic acids is 3. The topological polar surface area (TPSA) is 95.7 Å². The quantitative estimate of drug-likeness (QED) is 0.550. The third-order valence-electron chi connectivity index (χ3n) is 4.12. The number of hydrogen-bond acceptors (Lipinski definition) is 4. The SMILES string of the molecule is CN(CCC(N)=S)C(=O)CN1C(=O)NC2(CCCC2)C1=O. The van der Waals surface area contributed by atoms with Gasteiger partial charge in [0.25, 0.3) is 5.91 Å². The maximum absolute atomic E-state index is 12.4. The zero-order valence-electron chi connectivity index (χ0n) is 12.1. The standard InChI is InChI=1S/C13H20N4O3S/c1-16(7-4-9(14)21)10(18)8-17-11(19)13(15-12(17)20)5-2-3-6-13/h2-8H2,1H3,(H2,14,21)(H,15,20). The molecular formula is C13H20N4O3S. The number of thiocarbonyl (C=S) groups is 1. The van der Waals surface area contributed by atoms with Crippen molar-refractivity contribution in [3.63, 3.8) is 0 Å². The lowest BCUT2D eigenvalue weighted by Gasteiger charge is -2.22. The molecule has 2 fully saturated rings. The Morgan fingerprint density at radius 3 is 2.62 bits per heavy atom. The Balaban J connectivity index is 1.96. The lowest BCUT2D eigenvalue weighted by Crippen LogP contribution is -2.45. The van der Waals surface area contributed by atoms with E-state index in [1.54, 1.807) is 7.05 Å². The second-order valence-corrected chi connectivity index (χ2v) is 6.17. The molecule has 0 radical (unpaired) electrons. The van der Waals surface area contributed by atoms with Crippen molar-refractivity contribution in [3.05, 3.63) is 0 Å². The first-order chi connectivity index (χ1) is 9.85. The zero-order chi connectivity index (χ0) is 15.6. The number of nitrogens with zero attached hydrogens (tertiary/aromatic N) is 2. The Hall–Kier alpha value is -1.70. The van der Waals surface area contributed by atoms with Gasteiger partial charge in [-0.05, 0) is 12.8 Å². The molecule has 0 aromatic heterocycles. The first kappa shape index (κ1) is 15.7. The third-order valence-corrected chi connectivity index (χ3v) is 4.32. The van der Waals surface area contributed by atoms with Crippen LogP contribution in [0.4, 0.5) is 4.79 Å². The van der Waals surface area contributed by atoms with Gasteiger partial charge >= 0.3 is 6.03 Å². The Kier molecular flexibility index (Phi) is 4.46. The lowest BCUT2D eigenvalue weighted by atomic mass is 9.98. The summed E-state index contributed by atoms with van der Waals surface area (Å²) in [6.45, 7) is 0.142. The van der Waals surface area contributed by atoms with Crippen LogP contribution < -0.4 is 11.1 Å². The van der Waals surface area contributed by atoms with Crippen LogP contribution in [0.2, 0.25) is 0 Å². The summed E-state index contributed by atoms with van der Waals surface area (Å²) in [5, 5.41) is 2.75. The highest BCUT2D eigenvalue weighted by Crippen LogP contribution is 2.34. The molecule has 1 saturated heterocycles. The molecule has 1 saturated carbocycles. The van der Waals surface area contributed by atoms with Gasteiger partial charge in [0, 0.05) is 20.0 Å². The van der Waals surface area contributed by atoms with E-state index in [0.717, 1.165) is 17.7 Å². The fraction of sp³-hybridized carbons (Fsp3) is 0.692.